The molecule has 0 aromatic rings. The first-order valence-corrected chi connectivity index (χ1v) is 6.19. The molecule has 9 heavy (non-hydrogen) atoms. The van der Waals surface area contributed by atoms with Gasteiger partial charge in [-0.3, -0.25) is 0 Å². The van der Waals surface area contributed by atoms with Gasteiger partial charge in [0.2, 0.25) is 0 Å². The van der Waals surface area contributed by atoms with Crippen LogP contribution in [0, 0.1) is 0 Å². The number of hydrogen-bond donors (Lipinski definition) is 1. The molecule has 0 fully saturated rings. The van der Waals surface area contributed by atoms with E-state index in [0.717, 1.165) is 0 Å². The normalized spacial score (nSPS) is 17.2. The summed E-state index contributed by atoms with van der Waals surface area (Å²) in [7, 11) is 1.38. The Bertz CT molecular complexity index is 116. The molecule has 0 aromatic carbocycles. The topological polar surface area (TPSA) is 61.5 Å². The van der Waals surface area contributed by atoms with Gasteiger partial charge in [-0.05, 0) is 0 Å². The van der Waals surface area contributed by atoms with Crippen LogP contribution in [0.25, 0.3) is 0 Å². The molecule has 0 aliphatic carbocycles. The van der Waals surface area contributed by atoms with Crippen molar-refractivity contribution in [2.24, 2.45) is 5.73 Å². The second kappa shape index (κ2) is 4.25. The fourth-order valence-electron chi connectivity index (χ4n) is 0.303. The molecule has 0 saturated heterocycles. The molecule has 0 heterocycles. The summed E-state index contributed by atoms with van der Waals surface area (Å²) in [6, 6.07) is 0. The molecule has 4 nitrogen and oxygen atoms in total. The van der Waals surface area contributed by atoms with Crippen LogP contribution < -0.4 is 5.73 Å². The van der Waals surface area contributed by atoms with E-state index in [2.05, 4.69) is 3.32 Å². The second-order valence-corrected chi connectivity index (χ2v) is 5.49. The molecule has 0 radical (unpaired) electrons. The van der Waals surface area contributed by atoms with Crippen LogP contribution in [0.1, 0.15) is 0 Å². The van der Waals surface area contributed by atoms with Crippen molar-refractivity contribution in [3.05, 3.63) is 0 Å². The predicted molar refractivity (Wildman–Crippen MR) is 28.6 cm³/mol. The molecule has 0 aliphatic rings. The zero-order valence-corrected chi connectivity index (χ0v) is 7.28. The van der Waals surface area contributed by atoms with Crippen LogP contribution in [0.3, 0.4) is 0 Å². The van der Waals surface area contributed by atoms with Crippen LogP contribution >= 0.6 is 0 Å². The van der Waals surface area contributed by atoms with E-state index in [9.17, 15) is 3.32 Å². The number of rotatable bonds is 4. The fourth-order valence-corrected chi connectivity index (χ4v) is 1.25. The molecule has 0 saturated carbocycles. The summed E-state index contributed by atoms with van der Waals surface area (Å²) in [5, 5.41) is 1.48. The zero-order chi connectivity index (χ0) is 7.33. The van der Waals surface area contributed by atoms with Crippen LogP contribution in [-0.2, 0) is 27.3 Å². The summed E-state index contributed by atoms with van der Waals surface area (Å²) < 4.78 is 20.3. The quantitative estimate of drug-likeness (QED) is 0.602. The summed E-state index contributed by atoms with van der Waals surface area (Å²) >= 11 is -3.48. The fraction of sp³-hybridized carbons (Fsp3) is 1.00. The van der Waals surface area contributed by atoms with Crippen LogP contribution in [-0.4, -0.2) is 20.3 Å². The first-order valence-electron chi connectivity index (χ1n) is 2.72. The van der Waals surface area contributed by atoms with E-state index in [-0.39, 0.29) is 0 Å². The van der Waals surface area contributed by atoms with Crippen molar-refractivity contribution in [2.75, 3.05) is 20.3 Å². The molecule has 0 rings (SSSR count). The van der Waals surface area contributed by atoms with E-state index in [0.29, 0.717) is 13.2 Å². The van der Waals surface area contributed by atoms with Gasteiger partial charge in [-0.2, -0.15) is 0 Å². The van der Waals surface area contributed by atoms with Crippen molar-refractivity contribution in [2.45, 2.75) is 5.23 Å². The zero-order valence-electron chi connectivity index (χ0n) is 5.72. The maximum absolute atomic E-state index is 10.9. The van der Waals surface area contributed by atoms with Gasteiger partial charge in [-0.25, -0.2) is 0 Å². The van der Waals surface area contributed by atoms with E-state index < -0.39 is 17.3 Å². The molecule has 2 N–H and O–H groups in total. The van der Waals surface area contributed by atoms with E-state index >= 15 is 0 Å². The molecular formula is C4H12NO3Ti. The molecule has 1 atom stereocenters. The Kier molecular flexibility index (Phi) is 4.43. The van der Waals surface area contributed by atoms with Crippen molar-refractivity contribution in [1.29, 1.82) is 0 Å². The molecule has 55 valence electrons. The van der Waals surface area contributed by atoms with Crippen LogP contribution in [0.15, 0.2) is 0 Å². The minimum absolute atomic E-state index is 0.313. The van der Waals surface area contributed by atoms with Gasteiger partial charge in [0.05, 0.1) is 0 Å². The van der Waals surface area contributed by atoms with Crippen molar-refractivity contribution < 1.29 is 27.3 Å². The summed E-state index contributed by atoms with van der Waals surface area (Å²) in [5.41, 5.74) is 5.10. The summed E-state index contributed by atoms with van der Waals surface area (Å²) in [4.78, 5) is 0. The molecule has 0 bridgehead atoms. The van der Waals surface area contributed by atoms with Gasteiger partial charge in [-0.1, -0.05) is 0 Å². The van der Waals surface area contributed by atoms with E-state index in [1.54, 1.807) is 0 Å². The monoisotopic (exact) mass is 170 g/mol. The van der Waals surface area contributed by atoms with E-state index in [4.69, 9.17) is 9.05 Å². The van der Waals surface area contributed by atoms with E-state index in [1.165, 1.54) is 12.3 Å². The SMILES string of the molecule is C[O][Ti]([CH3])(=[O])[O]CCN. The summed E-state index contributed by atoms with van der Waals surface area (Å²) in [6.07, 6.45) is 0. The molecule has 0 spiro atoms. The maximum atomic E-state index is 10.9. The average Bonchev–Trinajstić information content (AvgIpc) is 1.84. The number of nitrogens with two attached hydrogens (primary N) is 1. The van der Waals surface area contributed by atoms with Gasteiger partial charge in [-0.15, -0.1) is 0 Å². The third-order valence-electron chi connectivity index (χ3n) is 0.853. The van der Waals surface area contributed by atoms with E-state index in [1.807, 2.05) is 0 Å². The van der Waals surface area contributed by atoms with Crippen LogP contribution in [0.5, 0.6) is 0 Å². The van der Waals surface area contributed by atoms with Crippen molar-refractivity contribution in [3.8, 4) is 0 Å². The van der Waals surface area contributed by atoms with Gasteiger partial charge in [0.25, 0.3) is 0 Å². The van der Waals surface area contributed by atoms with Crippen molar-refractivity contribution >= 4 is 0 Å². The minimum atomic E-state index is -3.48. The Morgan fingerprint density at radius 1 is 1.67 bits per heavy atom. The summed E-state index contributed by atoms with van der Waals surface area (Å²) in [6.45, 7) is 0.695. The Balaban J connectivity index is 3.46. The molecule has 0 aromatic heterocycles. The Labute approximate surface area is 59.0 Å². The van der Waals surface area contributed by atoms with Crippen molar-refractivity contribution in [1.82, 2.24) is 0 Å². The van der Waals surface area contributed by atoms with Gasteiger partial charge in [0.15, 0.2) is 0 Å². The standard InChI is InChI=1S/C2H6NO.CH3O.CH3.O.Ti/c3-1-2-4;1-2;;;/h1-3H2;1H3;1H3;;/q2*-1;;;+2. The first-order chi connectivity index (χ1) is 4.12. The van der Waals surface area contributed by atoms with Gasteiger partial charge >= 0.3 is 58.5 Å². The average molecular weight is 170 g/mol. The molecule has 0 aliphatic heterocycles. The van der Waals surface area contributed by atoms with Gasteiger partial charge in [0, 0.05) is 0 Å². The third-order valence-corrected chi connectivity index (χ3v) is 3.15. The Morgan fingerprint density at radius 2 is 2.22 bits per heavy atom. The van der Waals surface area contributed by atoms with Gasteiger partial charge in [0.1, 0.15) is 0 Å². The Morgan fingerprint density at radius 3 is 2.56 bits per heavy atom. The molecule has 1 unspecified atom stereocenters. The second-order valence-electron chi connectivity index (χ2n) is 1.70. The van der Waals surface area contributed by atoms with Gasteiger partial charge < -0.3 is 0 Å². The molecule has 5 heteroatoms. The van der Waals surface area contributed by atoms with Crippen molar-refractivity contribution in [3.63, 3.8) is 0 Å². The first kappa shape index (κ1) is 9.39. The number of hydrogen-bond acceptors (Lipinski definition) is 4. The molecular weight excluding hydrogens is 158 g/mol. The van der Waals surface area contributed by atoms with Crippen LogP contribution in [0.4, 0.5) is 0 Å². The Hall–Kier alpha value is 0.394. The molecule has 0 amide bonds. The van der Waals surface area contributed by atoms with Crippen LogP contribution in [0.2, 0.25) is 5.23 Å². The predicted octanol–water partition coefficient (Wildman–Crippen LogP) is -0.0144. The summed E-state index contributed by atoms with van der Waals surface area (Å²) in [5.74, 6) is 0. The third kappa shape index (κ3) is 4.87.